The summed E-state index contributed by atoms with van der Waals surface area (Å²) in [4.78, 5) is 13.9. The van der Waals surface area contributed by atoms with Crippen molar-refractivity contribution >= 4 is 17.7 Å². The summed E-state index contributed by atoms with van der Waals surface area (Å²) in [6.45, 7) is 2.16. The highest BCUT2D eigenvalue weighted by atomic mass is 32.2. The van der Waals surface area contributed by atoms with Crippen LogP contribution in [0.5, 0.6) is 0 Å². The van der Waals surface area contributed by atoms with Gasteiger partial charge in [0.2, 0.25) is 5.91 Å². The first kappa shape index (κ1) is 10.3. The van der Waals surface area contributed by atoms with E-state index in [0.29, 0.717) is 6.04 Å². The van der Waals surface area contributed by atoms with Gasteiger partial charge in [0.05, 0.1) is 6.04 Å². The summed E-state index contributed by atoms with van der Waals surface area (Å²) in [5.74, 6) is 2.88. The van der Waals surface area contributed by atoms with Gasteiger partial charge in [0.1, 0.15) is 0 Å². The first-order valence-electron chi connectivity index (χ1n) is 5.28. The fourth-order valence-corrected chi connectivity index (χ4v) is 2.83. The third kappa shape index (κ3) is 2.06. The molecular formula is C10H18N2OS. The molecule has 1 saturated carbocycles. The Hall–Kier alpha value is -0.220. The van der Waals surface area contributed by atoms with Crippen molar-refractivity contribution in [3.05, 3.63) is 0 Å². The van der Waals surface area contributed by atoms with Crippen molar-refractivity contribution in [2.24, 2.45) is 5.92 Å². The largest absolute Gasteiger partial charge is 0.341 e. The molecule has 0 aromatic carbocycles. The zero-order valence-electron chi connectivity index (χ0n) is 8.82. The maximum Gasteiger partial charge on any atom is 0.240 e. The molecule has 0 bridgehead atoms. The van der Waals surface area contributed by atoms with Gasteiger partial charge in [0, 0.05) is 24.7 Å². The molecule has 14 heavy (non-hydrogen) atoms. The normalized spacial score (nSPS) is 28.9. The van der Waals surface area contributed by atoms with Crippen LogP contribution in [0.4, 0.5) is 0 Å². The van der Waals surface area contributed by atoms with E-state index in [9.17, 15) is 4.79 Å². The second kappa shape index (κ2) is 4.11. The molecule has 1 aliphatic heterocycles. The van der Waals surface area contributed by atoms with Crippen LogP contribution in [0.2, 0.25) is 0 Å². The number of thioether (sulfide) groups is 1. The summed E-state index contributed by atoms with van der Waals surface area (Å²) < 4.78 is 0. The van der Waals surface area contributed by atoms with Crippen molar-refractivity contribution in [1.82, 2.24) is 10.2 Å². The summed E-state index contributed by atoms with van der Waals surface area (Å²) >= 11 is 1.81. The number of amides is 1. The van der Waals surface area contributed by atoms with Gasteiger partial charge in [0.25, 0.3) is 0 Å². The number of rotatable bonds is 3. The number of hydrogen-bond acceptors (Lipinski definition) is 3. The molecule has 2 unspecified atom stereocenters. The standard InChI is InChI=1S/C10H18N2OS/c1-7(8-3-4-8)12(2)10(13)9-5-14-6-11-9/h7-9,11H,3-6H2,1-2H3. The number of nitrogens with zero attached hydrogens (tertiary/aromatic N) is 1. The van der Waals surface area contributed by atoms with Crippen LogP contribution < -0.4 is 5.32 Å². The minimum atomic E-state index is 0.0613. The molecular weight excluding hydrogens is 196 g/mol. The summed E-state index contributed by atoms with van der Waals surface area (Å²) in [5.41, 5.74) is 0. The molecule has 1 amide bonds. The van der Waals surface area contributed by atoms with Crippen LogP contribution in [0.25, 0.3) is 0 Å². The molecule has 4 heteroatoms. The summed E-state index contributed by atoms with van der Waals surface area (Å²) in [5, 5.41) is 3.22. The molecule has 0 aromatic rings. The molecule has 3 nitrogen and oxygen atoms in total. The fraction of sp³-hybridized carbons (Fsp3) is 0.900. The van der Waals surface area contributed by atoms with Crippen molar-refractivity contribution in [3.63, 3.8) is 0 Å². The van der Waals surface area contributed by atoms with Crippen molar-refractivity contribution in [2.75, 3.05) is 18.7 Å². The average molecular weight is 214 g/mol. The number of nitrogens with one attached hydrogen (secondary N) is 1. The van der Waals surface area contributed by atoms with E-state index in [2.05, 4.69) is 12.2 Å². The van der Waals surface area contributed by atoms with Gasteiger partial charge in [-0.3, -0.25) is 10.1 Å². The molecule has 2 rings (SSSR count). The maximum absolute atomic E-state index is 12.0. The highest BCUT2D eigenvalue weighted by Gasteiger charge is 2.35. The molecule has 1 aliphatic carbocycles. The van der Waals surface area contributed by atoms with Gasteiger partial charge in [0.15, 0.2) is 0 Å². The Bertz CT molecular complexity index is 224. The Morgan fingerprint density at radius 1 is 1.57 bits per heavy atom. The highest BCUT2D eigenvalue weighted by molar-refractivity contribution is 7.99. The molecule has 1 N–H and O–H groups in total. The number of likely N-dealkylation sites (N-methyl/N-ethyl adjacent to an activating group) is 1. The van der Waals surface area contributed by atoms with Crippen LogP contribution in [0, 0.1) is 5.92 Å². The van der Waals surface area contributed by atoms with Crippen LogP contribution >= 0.6 is 11.8 Å². The van der Waals surface area contributed by atoms with Crippen LogP contribution in [0.3, 0.4) is 0 Å². The van der Waals surface area contributed by atoms with E-state index in [0.717, 1.165) is 17.5 Å². The van der Waals surface area contributed by atoms with Gasteiger partial charge in [-0.05, 0) is 25.7 Å². The van der Waals surface area contributed by atoms with Gasteiger partial charge >= 0.3 is 0 Å². The van der Waals surface area contributed by atoms with Gasteiger partial charge in [-0.25, -0.2) is 0 Å². The van der Waals surface area contributed by atoms with Crippen LogP contribution in [-0.4, -0.2) is 41.6 Å². The minimum Gasteiger partial charge on any atom is -0.341 e. The minimum absolute atomic E-state index is 0.0613. The Kier molecular flexibility index (Phi) is 3.02. The second-order valence-corrected chi connectivity index (χ2v) is 5.33. The Balaban J connectivity index is 1.88. The fourth-order valence-electron chi connectivity index (χ4n) is 1.90. The predicted octanol–water partition coefficient (Wildman–Crippen LogP) is 0.906. The van der Waals surface area contributed by atoms with E-state index in [1.165, 1.54) is 12.8 Å². The van der Waals surface area contributed by atoms with Gasteiger partial charge in [-0.2, -0.15) is 0 Å². The van der Waals surface area contributed by atoms with E-state index >= 15 is 0 Å². The first-order chi connectivity index (χ1) is 6.70. The lowest BCUT2D eigenvalue weighted by Gasteiger charge is -2.27. The van der Waals surface area contributed by atoms with Crippen molar-refractivity contribution < 1.29 is 4.79 Å². The monoisotopic (exact) mass is 214 g/mol. The zero-order valence-corrected chi connectivity index (χ0v) is 9.64. The third-order valence-electron chi connectivity index (χ3n) is 3.28. The Morgan fingerprint density at radius 3 is 2.79 bits per heavy atom. The van der Waals surface area contributed by atoms with E-state index in [1.54, 1.807) is 11.8 Å². The highest BCUT2D eigenvalue weighted by Crippen LogP contribution is 2.34. The molecule has 0 spiro atoms. The lowest BCUT2D eigenvalue weighted by molar-refractivity contribution is -0.133. The lowest BCUT2D eigenvalue weighted by atomic mass is 10.1. The SMILES string of the molecule is CC(C1CC1)N(C)C(=O)C1CSCN1. The lowest BCUT2D eigenvalue weighted by Crippen LogP contribution is -2.47. The van der Waals surface area contributed by atoms with Crippen LogP contribution in [-0.2, 0) is 4.79 Å². The first-order valence-corrected chi connectivity index (χ1v) is 6.43. The topological polar surface area (TPSA) is 32.3 Å². The van der Waals surface area contributed by atoms with Crippen molar-refractivity contribution in [1.29, 1.82) is 0 Å². The zero-order chi connectivity index (χ0) is 10.1. The van der Waals surface area contributed by atoms with Gasteiger partial charge in [-0.1, -0.05) is 0 Å². The molecule has 2 aliphatic rings. The van der Waals surface area contributed by atoms with Crippen LogP contribution in [0.15, 0.2) is 0 Å². The Morgan fingerprint density at radius 2 is 2.29 bits per heavy atom. The molecule has 1 heterocycles. The third-order valence-corrected chi connectivity index (χ3v) is 4.22. The summed E-state index contributed by atoms with van der Waals surface area (Å²) in [6, 6.07) is 0.487. The second-order valence-electron chi connectivity index (χ2n) is 4.30. The molecule has 2 fully saturated rings. The molecule has 0 radical (unpaired) electrons. The predicted molar refractivity (Wildman–Crippen MR) is 59.2 cm³/mol. The van der Waals surface area contributed by atoms with E-state index in [-0.39, 0.29) is 11.9 Å². The number of carbonyl (C=O) groups is 1. The molecule has 2 atom stereocenters. The quantitative estimate of drug-likeness (QED) is 0.758. The number of carbonyl (C=O) groups excluding carboxylic acids is 1. The van der Waals surface area contributed by atoms with Crippen molar-refractivity contribution in [2.45, 2.75) is 31.8 Å². The van der Waals surface area contributed by atoms with Gasteiger partial charge in [-0.15, -0.1) is 11.8 Å². The van der Waals surface area contributed by atoms with Crippen LogP contribution in [0.1, 0.15) is 19.8 Å². The van der Waals surface area contributed by atoms with E-state index in [1.807, 2.05) is 11.9 Å². The summed E-state index contributed by atoms with van der Waals surface area (Å²) in [7, 11) is 1.94. The molecule has 1 saturated heterocycles. The van der Waals surface area contributed by atoms with E-state index in [4.69, 9.17) is 0 Å². The smallest absolute Gasteiger partial charge is 0.240 e. The number of hydrogen-bond donors (Lipinski definition) is 1. The van der Waals surface area contributed by atoms with Gasteiger partial charge < -0.3 is 4.90 Å². The van der Waals surface area contributed by atoms with E-state index < -0.39 is 0 Å². The molecule has 80 valence electrons. The maximum atomic E-state index is 12.0. The van der Waals surface area contributed by atoms with Crippen molar-refractivity contribution in [3.8, 4) is 0 Å². The summed E-state index contributed by atoms with van der Waals surface area (Å²) in [6.07, 6.45) is 2.59. The molecule has 0 aromatic heterocycles. The Labute approximate surface area is 89.6 Å². The average Bonchev–Trinajstić information content (AvgIpc) is 2.90.